The highest BCUT2D eigenvalue weighted by atomic mass is 32.2. The van der Waals surface area contributed by atoms with E-state index in [0.29, 0.717) is 5.69 Å². The van der Waals surface area contributed by atoms with Gasteiger partial charge in [0.05, 0.1) is 11.9 Å². The van der Waals surface area contributed by atoms with E-state index in [1.54, 1.807) is 18.2 Å². The van der Waals surface area contributed by atoms with Crippen LogP contribution in [0.2, 0.25) is 0 Å². The molecular formula is C15H24N2O3S2. The Hall–Kier alpha value is -1.21. The molecule has 22 heavy (non-hydrogen) atoms. The van der Waals surface area contributed by atoms with Crippen molar-refractivity contribution in [2.45, 2.75) is 31.7 Å². The molecule has 1 aromatic rings. The van der Waals surface area contributed by atoms with Crippen LogP contribution in [0.4, 0.5) is 5.69 Å². The lowest BCUT2D eigenvalue weighted by molar-refractivity contribution is -0.120. The number of sulfonamides is 1. The van der Waals surface area contributed by atoms with Gasteiger partial charge in [-0.25, -0.2) is 8.42 Å². The fourth-order valence-corrected chi connectivity index (χ4v) is 3.06. The van der Waals surface area contributed by atoms with Gasteiger partial charge < -0.3 is 5.32 Å². The second-order valence-electron chi connectivity index (χ2n) is 5.57. The summed E-state index contributed by atoms with van der Waals surface area (Å²) < 4.78 is 25.2. The van der Waals surface area contributed by atoms with Crippen molar-refractivity contribution < 1.29 is 13.2 Å². The number of nitrogens with zero attached hydrogens (tertiary/aromatic N) is 1. The van der Waals surface area contributed by atoms with Crippen LogP contribution in [0, 0.1) is 5.92 Å². The van der Waals surface area contributed by atoms with Gasteiger partial charge >= 0.3 is 0 Å². The monoisotopic (exact) mass is 344 g/mol. The van der Waals surface area contributed by atoms with Crippen LogP contribution in [0.3, 0.4) is 0 Å². The van der Waals surface area contributed by atoms with Crippen molar-refractivity contribution >= 4 is 33.4 Å². The predicted molar refractivity (Wildman–Crippen MR) is 92.9 cm³/mol. The Morgan fingerprint density at radius 1 is 1.32 bits per heavy atom. The summed E-state index contributed by atoms with van der Waals surface area (Å²) in [6, 6.07) is 7.14. The third-order valence-electron chi connectivity index (χ3n) is 3.42. The van der Waals surface area contributed by atoms with Crippen molar-refractivity contribution in [2.75, 3.05) is 23.4 Å². The molecule has 0 aliphatic rings. The lowest BCUT2D eigenvalue weighted by Gasteiger charge is -2.24. The third-order valence-corrected chi connectivity index (χ3v) is 5.28. The molecule has 0 saturated carbocycles. The maximum atomic E-state index is 12.1. The summed E-state index contributed by atoms with van der Waals surface area (Å²) in [5.41, 5.74) is 0.502. The summed E-state index contributed by atoms with van der Waals surface area (Å²) in [6.07, 6.45) is 3.03. The quantitative estimate of drug-likeness (QED) is 0.771. The van der Waals surface area contributed by atoms with Gasteiger partial charge in [0.1, 0.15) is 6.54 Å². The Kier molecular flexibility index (Phi) is 6.74. The highest BCUT2D eigenvalue weighted by molar-refractivity contribution is 7.98. The van der Waals surface area contributed by atoms with Gasteiger partial charge in [-0.15, -0.1) is 11.8 Å². The van der Waals surface area contributed by atoms with Crippen LogP contribution in [0.5, 0.6) is 0 Å². The van der Waals surface area contributed by atoms with E-state index in [9.17, 15) is 13.2 Å². The van der Waals surface area contributed by atoms with E-state index in [1.807, 2.05) is 33.1 Å². The number of carbonyl (C=O) groups excluding carboxylic acids is 1. The smallest absolute Gasteiger partial charge is 0.240 e. The number of benzene rings is 1. The Labute approximate surface area is 137 Å². The van der Waals surface area contributed by atoms with E-state index >= 15 is 0 Å². The van der Waals surface area contributed by atoms with Crippen LogP contribution < -0.4 is 9.62 Å². The minimum atomic E-state index is -3.53. The van der Waals surface area contributed by atoms with Crippen molar-refractivity contribution in [2.24, 2.45) is 5.92 Å². The van der Waals surface area contributed by atoms with Crippen LogP contribution in [-0.2, 0) is 14.8 Å². The van der Waals surface area contributed by atoms with E-state index in [0.717, 1.165) is 15.5 Å². The number of nitrogens with one attached hydrogen (secondary N) is 1. The van der Waals surface area contributed by atoms with E-state index in [1.165, 1.54) is 11.8 Å². The van der Waals surface area contributed by atoms with Gasteiger partial charge in [0, 0.05) is 10.9 Å². The van der Waals surface area contributed by atoms with Crippen molar-refractivity contribution in [3.8, 4) is 0 Å². The van der Waals surface area contributed by atoms with Gasteiger partial charge in [0.15, 0.2) is 0 Å². The fourth-order valence-electron chi connectivity index (χ4n) is 1.76. The first-order valence-corrected chi connectivity index (χ1v) is 10.1. The van der Waals surface area contributed by atoms with Gasteiger partial charge in [-0.1, -0.05) is 19.9 Å². The molecule has 0 aromatic heterocycles. The van der Waals surface area contributed by atoms with Crippen LogP contribution in [0.1, 0.15) is 20.8 Å². The zero-order chi connectivity index (χ0) is 16.9. The first kappa shape index (κ1) is 18.8. The summed E-state index contributed by atoms with van der Waals surface area (Å²) in [4.78, 5) is 13.1. The molecular weight excluding hydrogens is 320 g/mol. The third kappa shape index (κ3) is 5.53. The van der Waals surface area contributed by atoms with Gasteiger partial charge in [-0.05, 0) is 37.3 Å². The van der Waals surface area contributed by atoms with Crippen molar-refractivity contribution in [3.05, 3.63) is 24.3 Å². The average Bonchev–Trinajstić information content (AvgIpc) is 2.43. The van der Waals surface area contributed by atoms with Crippen LogP contribution >= 0.6 is 11.8 Å². The molecule has 7 heteroatoms. The molecule has 0 heterocycles. The summed E-state index contributed by atoms with van der Waals surface area (Å²) in [5, 5.41) is 2.83. The van der Waals surface area contributed by atoms with Crippen molar-refractivity contribution in [1.82, 2.24) is 5.32 Å². The Bertz CT molecular complexity index is 615. The first-order valence-electron chi connectivity index (χ1n) is 7.06. The van der Waals surface area contributed by atoms with Gasteiger partial charge in [0.25, 0.3) is 0 Å². The molecule has 1 aromatic carbocycles. The number of hydrogen-bond acceptors (Lipinski definition) is 4. The van der Waals surface area contributed by atoms with Crippen LogP contribution in [0.25, 0.3) is 0 Å². The molecule has 1 atom stereocenters. The topological polar surface area (TPSA) is 66.5 Å². The summed E-state index contributed by atoms with van der Waals surface area (Å²) in [6.45, 7) is 5.69. The number of carbonyl (C=O) groups is 1. The lowest BCUT2D eigenvalue weighted by Crippen LogP contribution is -2.44. The highest BCUT2D eigenvalue weighted by Gasteiger charge is 2.22. The Morgan fingerprint density at radius 3 is 2.45 bits per heavy atom. The molecule has 1 N–H and O–H groups in total. The zero-order valence-electron chi connectivity index (χ0n) is 13.7. The normalized spacial score (nSPS) is 13.0. The summed E-state index contributed by atoms with van der Waals surface area (Å²) in [7, 11) is -3.53. The number of rotatable bonds is 7. The molecule has 0 fully saturated rings. The van der Waals surface area contributed by atoms with Gasteiger partial charge in [0.2, 0.25) is 15.9 Å². The van der Waals surface area contributed by atoms with E-state index in [2.05, 4.69) is 5.32 Å². The highest BCUT2D eigenvalue weighted by Crippen LogP contribution is 2.23. The van der Waals surface area contributed by atoms with Gasteiger partial charge in [-0.3, -0.25) is 9.10 Å². The largest absolute Gasteiger partial charge is 0.352 e. The molecule has 1 amide bonds. The molecule has 5 nitrogen and oxygen atoms in total. The minimum Gasteiger partial charge on any atom is -0.352 e. The average molecular weight is 345 g/mol. The predicted octanol–water partition coefficient (Wildman–Crippen LogP) is 2.34. The minimum absolute atomic E-state index is 0.00792. The van der Waals surface area contributed by atoms with E-state index < -0.39 is 10.0 Å². The summed E-state index contributed by atoms with van der Waals surface area (Å²) >= 11 is 1.52. The summed E-state index contributed by atoms with van der Waals surface area (Å²) in [5.74, 6) is -0.0170. The molecule has 0 radical (unpaired) electrons. The van der Waals surface area contributed by atoms with Gasteiger partial charge in [-0.2, -0.15) is 0 Å². The van der Waals surface area contributed by atoms with E-state index in [-0.39, 0.29) is 24.4 Å². The maximum Gasteiger partial charge on any atom is 0.240 e. The second-order valence-corrected chi connectivity index (χ2v) is 8.36. The lowest BCUT2D eigenvalue weighted by atomic mass is 10.1. The van der Waals surface area contributed by atoms with E-state index in [4.69, 9.17) is 0 Å². The van der Waals surface area contributed by atoms with Crippen LogP contribution in [0.15, 0.2) is 29.2 Å². The second kappa shape index (κ2) is 7.87. The number of anilines is 1. The number of amides is 1. The van der Waals surface area contributed by atoms with Crippen molar-refractivity contribution in [1.29, 1.82) is 0 Å². The Balaban J connectivity index is 2.98. The Morgan fingerprint density at radius 2 is 1.95 bits per heavy atom. The van der Waals surface area contributed by atoms with Crippen LogP contribution in [-0.4, -0.2) is 39.4 Å². The standard InChI is InChI=1S/C15H24N2O3S2/c1-11(2)12(3)16-15(18)10-17(22(5,19)20)13-7-6-8-14(9-13)21-4/h6-9,11-12H,10H2,1-5H3,(H,16,18)/t12-/m0/s1. The molecule has 0 bridgehead atoms. The number of hydrogen-bond donors (Lipinski definition) is 1. The molecule has 0 aliphatic carbocycles. The fraction of sp³-hybridized carbons (Fsp3) is 0.533. The van der Waals surface area contributed by atoms with Crippen molar-refractivity contribution in [3.63, 3.8) is 0 Å². The maximum absolute atomic E-state index is 12.1. The molecule has 0 unspecified atom stereocenters. The zero-order valence-corrected chi connectivity index (χ0v) is 15.3. The SMILES string of the molecule is CSc1cccc(N(CC(=O)N[C@@H](C)C(C)C)S(C)(=O)=O)c1. The molecule has 124 valence electrons. The molecule has 0 spiro atoms. The molecule has 1 rings (SSSR count). The molecule has 0 saturated heterocycles. The first-order chi connectivity index (χ1) is 10.1. The number of thioether (sulfide) groups is 1. The molecule has 0 aliphatic heterocycles.